The molecule has 0 aliphatic heterocycles. The van der Waals surface area contributed by atoms with Crippen molar-refractivity contribution in [3.63, 3.8) is 0 Å². The third-order valence-corrected chi connectivity index (χ3v) is 2.32. The van der Waals surface area contributed by atoms with Gasteiger partial charge in [-0.1, -0.05) is 28.4 Å². The van der Waals surface area contributed by atoms with Gasteiger partial charge in [0, 0.05) is 5.02 Å². The van der Waals surface area contributed by atoms with Crippen molar-refractivity contribution in [1.29, 1.82) is 0 Å². The Hall–Kier alpha value is -1.59. The Balaban J connectivity index is 2.18. The number of nitrogens with one attached hydrogen (secondary N) is 1. The number of amides is 1. The zero-order chi connectivity index (χ0) is 11.5. The molecule has 0 unspecified atom stereocenters. The largest absolute Gasteiger partial charge is 0.319 e. The van der Waals surface area contributed by atoms with Crippen LogP contribution in [0, 0.1) is 0 Å². The lowest BCUT2D eigenvalue weighted by Gasteiger charge is -2.04. The lowest BCUT2D eigenvalue weighted by Crippen LogP contribution is -2.12. The summed E-state index contributed by atoms with van der Waals surface area (Å²) >= 11 is 11.6. The minimum Gasteiger partial charge on any atom is -0.319 e. The fourth-order valence-electron chi connectivity index (χ4n) is 1.04. The van der Waals surface area contributed by atoms with Crippen molar-refractivity contribution in [2.75, 3.05) is 5.32 Å². The van der Waals surface area contributed by atoms with Gasteiger partial charge in [-0.05, 0) is 23.4 Å². The number of rotatable bonds is 2. The summed E-state index contributed by atoms with van der Waals surface area (Å²) in [6, 6.07) is 4.74. The highest BCUT2D eigenvalue weighted by molar-refractivity contribution is 6.36. The van der Waals surface area contributed by atoms with E-state index in [2.05, 4.69) is 20.3 Å². The average Bonchev–Trinajstić information content (AvgIpc) is 2.75. The second-order valence-corrected chi connectivity index (χ2v) is 3.71. The molecule has 0 saturated heterocycles. The molecule has 1 aromatic heterocycles. The molecule has 0 aliphatic carbocycles. The molecule has 0 bridgehead atoms. The Morgan fingerprint density at radius 1 is 1.38 bits per heavy atom. The summed E-state index contributed by atoms with van der Waals surface area (Å²) < 4.78 is 4.31. The molecular weight excluding hydrogens is 253 g/mol. The van der Waals surface area contributed by atoms with Gasteiger partial charge in [0.25, 0.3) is 5.91 Å². The van der Waals surface area contributed by atoms with Crippen molar-refractivity contribution in [2.45, 2.75) is 0 Å². The predicted octanol–water partition coefficient (Wildman–Crippen LogP) is 2.63. The molecule has 1 amide bonds. The lowest BCUT2D eigenvalue weighted by atomic mass is 10.3. The van der Waals surface area contributed by atoms with Gasteiger partial charge in [-0.15, -0.1) is 0 Å². The second kappa shape index (κ2) is 4.51. The van der Waals surface area contributed by atoms with E-state index >= 15 is 0 Å². The van der Waals surface area contributed by atoms with Crippen LogP contribution in [0.5, 0.6) is 0 Å². The van der Waals surface area contributed by atoms with Gasteiger partial charge < -0.3 is 5.32 Å². The molecule has 7 heteroatoms. The second-order valence-electron chi connectivity index (χ2n) is 2.87. The highest BCUT2D eigenvalue weighted by atomic mass is 35.5. The lowest BCUT2D eigenvalue weighted by molar-refractivity contribution is 0.101. The molecule has 0 fully saturated rings. The van der Waals surface area contributed by atoms with Gasteiger partial charge in [-0.25, -0.2) is 4.63 Å². The number of hydrogen-bond acceptors (Lipinski definition) is 4. The summed E-state index contributed by atoms with van der Waals surface area (Å²) in [5.74, 6) is -0.453. The molecule has 1 N–H and O–H groups in total. The van der Waals surface area contributed by atoms with E-state index in [-0.39, 0.29) is 5.69 Å². The first-order valence-corrected chi connectivity index (χ1v) is 4.96. The minimum absolute atomic E-state index is 0.0750. The van der Waals surface area contributed by atoms with Crippen LogP contribution in [-0.2, 0) is 0 Å². The van der Waals surface area contributed by atoms with Crippen LogP contribution in [0.3, 0.4) is 0 Å². The van der Waals surface area contributed by atoms with Gasteiger partial charge in [-0.3, -0.25) is 4.79 Å². The molecule has 2 aromatic rings. The first-order valence-electron chi connectivity index (χ1n) is 4.21. The first-order chi connectivity index (χ1) is 7.66. The SMILES string of the molecule is O=C(Nc1ccc(Cl)cc1Cl)c1cnon1. The minimum atomic E-state index is -0.453. The van der Waals surface area contributed by atoms with E-state index in [1.807, 2.05) is 0 Å². The Morgan fingerprint density at radius 3 is 2.81 bits per heavy atom. The summed E-state index contributed by atoms with van der Waals surface area (Å²) in [6.07, 6.45) is 1.21. The molecule has 82 valence electrons. The molecule has 0 saturated carbocycles. The number of anilines is 1. The zero-order valence-corrected chi connectivity index (χ0v) is 9.29. The maximum Gasteiger partial charge on any atom is 0.279 e. The molecule has 1 heterocycles. The summed E-state index contributed by atoms with van der Waals surface area (Å²) in [4.78, 5) is 11.5. The molecule has 0 atom stereocenters. The number of nitrogens with zero attached hydrogens (tertiary/aromatic N) is 2. The third-order valence-electron chi connectivity index (χ3n) is 1.77. The number of benzene rings is 1. The van der Waals surface area contributed by atoms with Gasteiger partial charge in [-0.2, -0.15) is 0 Å². The van der Waals surface area contributed by atoms with Gasteiger partial charge in [0.2, 0.25) is 0 Å². The number of carbonyl (C=O) groups excluding carboxylic acids is 1. The number of halogens is 2. The van der Waals surface area contributed by atoms with Gasteiger partial charge in [0.15, 0.2) is 5.69 Å². The van der Waals surface area contributed by atoms with Crippen molar-refractivity contribution in [3.8, 4) is 0 Å². The van der Waals surface area contributed by atoms with Crippen LogP contribution in [0.25, 0.3) is 0 Å². The molecule has 16 heavy (non-hydrogen) atoms. The van der Waals surface area contributed by atoms with E-state index in [0.717, 1.165) is 0 Å². The van der Waals surface area contributed by atoms with Crippen LogP contribution in [0.4, 0.5) is 5.69 Å². The Labute approximate surface area is 100 Å². The normalized spacial score (nSPS) is 10.1. The molecule has 0 aliphatic rings. The smallest absolute Gasteiger partial charge is 0.279 e. The van der Waals surface area contributed by atoms with Crippen molar-refractivity contribution >= 4 is 34.8 Å². The summed E-state index contributed by atoms with van der Waals surface area (Å²) in [5, 5.41) is 10.1. The third kappa shape index (κ3) is 2.32. The zero-order valence-electron chi connectivity index (χ0n) is 7.78. The standard InChI is InChI=1S/C9H5Cl2N3O2/c10-5-1-2-7(6(11)3-5)13-9(15)8-4-12-16-14-8/h1-4H,(H,13,15). The number of carbonyl (C=O) groups is 1. The predicted molar refractivity (Wildman–Crippen MR) is 58.7 cm³/mol. The van der Waals surface area contributed by atoms with E-state index in [0.29, 0.717) is 15.7 Å². The average molecular weight is 258 g/mol. The monoisotopic (exact) mass is 257 g/mol. The Bertz CT molecular complexity index is 513. The molecule has 5 nitrogen and oxygen atoms in total. The van der Waals surface area contributed by atoms with Crippen LogP contribution >= 0.6 is 23.2 Å². The van der Waals surface area contributed by atoms with E-state index in [4.69, 9.17) is 23.2 Å². The Morgan fingerprint density at radius 2 is 2.19 bits per heavy atom. The summed E-state index contributed by atoms with van der Waals surface area (Å²) in [7, 11) is 0. The van der Waals surface area contributed by atoms with Crippen molar-refractivity contribution in [3.05, 3.63) is 40.1 Å². The maximum absolute atomic E-state index is 11.5. The highest BCUT2D eigenvalue weighted by Crippen LogP contribution is 2.25. The quantitative estimate of drug-likeness (QED) is 0.898. The summed E-state index contributed by atoms with van der Waals surface area (Å²) in [5.41, 5.74) is 0.519. The van der Waals surface area contributed by atoms with E-state index in [9.17, 15) is 4.79 Å². The van der Waals surface area contributed by atoms with Crippen LogP contribution in [0.15, 0.2) is 29.0 Å². The van der Waals surface area contributed by atoms with Crippen molar-refractivity contribution in [2.24, 2.45) is 0 Å². The fourth-order valence-corrected chi connectivity index (χ4v) is 1.50. The van der Waals surface area contributed by atoms with Gasteiger partial charge in [0.1, 0.15) is 6.20 Å². The first kappa shape index (κ1) is 10.9. The number of aromatic nitrogens is 2. The molecular formula is C9H5Cl2N3O2. The van der Waals surface area contributed by atoms with Crippen LogP contribution in [0.1, 0.15) is 10.5 Å². The van der Waals surface area contributed by atoms with Crippen molar-refractivity contribution in [1.82, 2.24) is 10.3 Å². The van der Waals surface area contributed by atoms with Gasteiger partial charge in [0.05, 0.1) is 10.7 Å². The van der Waals surface area contributed by atoms with E-state index in [1.54, 1.807) is 12.1 Å². The van der Waals surface area contributed by atoms with Crippen LogP contribution in [-0.4, -0.2) is 16.2 Å². The topological polar surface area (TPSA) is 68.0 Å². The molecule has 0 radical (unpaired) electrons. The highest BCUT2D eigenvalue weighted by Gasteiger charge is 2.11. The molecule has 2 rings (SSSR count). The summed E-state index contributed by atoms with van der Waals surface area (Å²) in [6.45, 7) is 0. The van der Waals surface area contributed by atoms with Crippen LogP contribution < -0.4 is 5.32 Å². The fraction of sp³-hybridized carbons (Fsp3) is 0. The van der Waals surface area contributed by atoms with E-state index < -0.39 is 5.91 Å². The van der Waals surface area contributed by atoms with Crippen molar-refractivity contribution < 1.29 is 9.42 Å². The van der Waals surface area contributed by atoms with E-state index in [1.165, 1.54) is 12.3 Å². The van der Waals surface area contributed by atoms with Gasteiger partial charge >= 0.3 is 0 Å². The molecule has 0 spiro atoms. The maximum atomic E-state index is 11.5. The molecule has 1 aromatic carbocycles. The van der Waals surface area contributed by atoms with Crippen LogP contribution in [0.2, 0.25) is 10.0 Å². The Kier molecular flexibility index (Phi) is 3.07. The number of hydrogen-bond donors (Lipinski definition) is 1.